The Morgan fingerprint density at radius 1 is 0.733 bits per heavy atom. The first-order chi connectivity index (χ1) is 14.8. The van der Waals surface area contributed by atoms with Crippen LogP contribution in [-0.4, -0.2) is 19.2 Å². The molecule has 30 heavy (non-hydrogen) atoms. The van der Waals surface area contributed by atoms with Crippen LogP contribution in [0.25, 0.3) is 10.8 Å². The average molecular weight is 407 g/mol. The van der Waals surface area contributed by atoms with Crippen LogP contribution in [0.2, 0.25) is 0 Å². The molecule has 0 spiro atoms. The van der Waals surface area contributed by atoms with Gasteiger partial charge in [-0.15, -0.1) is 0 Å². The number of fused-ring (bicyclic) bond motifs is 1. The van der Waals surface area contributed by atoms with Gasteiger partial charge in [-0.3, -0.25) is 0 Å². The third kappa shape index (κ3) is 6.80. The molecule has 0 aliphatic carbocycles. The fourth-order valence-electron chi connectivity index (χ4n) is 3.28. The standard InChI is InChI=1S/C26H30O4/c1-2-3-4-5-6-9-19-28-22-15-17-23(18-16-22)29-20-26(27)30-25-14-10-12-21-11-7-8-13-24(21)25/h7-8,10-18H,2-6,9,19-20H2,1H3. The maximum absolute atomic E-state index is 12.2. The molecular formula is C26H30O4. The third-order valence-corrected chi connectivity index (χ3v) is 4.92. The van der Waals surface area contributed by atoms with Gasteiger partial charge in [0.05, 0.1) is 6.61 Å². The summed E-state index contributed by atoms with van der Waals surface area (Å²) in [4.78, 5) is 12.2. The molecule has 3 aromatic carbocycles. The molecule has 3 rings (SSSR count). The predicted molar refractivity (Wildman–Crippen MR) is 120 cm³/mol. The van der Waals surface area contributed by atoms with Crippen LogP contribution in [0.3, 0.4) is 0 Å². The molecular weight excluding hydrogens is 376 g/mol. The Labute approximate surface area is 178 Å². The van der Waals surface area contributed by atoms with Gasteiger partial charge in [0, 0.05) is 5.39 Å². The molecule has 158 valence electrons. The smallest absolute Gasteiger partial charge is 0.349 e. The van der Waals surface area contributed by atoms with Gasteiger partial charge in [0.2, 0.25) is 0 Å². The number of hydrogen-bond acceptors (Lipinski definition) is 4. The van der Waals surface area contributed by atoms with Gasteiger partial charge < -0.3 is 14.2 Å². The summed E-state index contributed by atoms with van der Waals surface area (Å²) in [5, 5.41) is 1.93. The summed E-state index contributed by atoms with van der Waals surface area (Å²) < 4.78 is 16.8. The number of benzene rings is 3. The lowest BCUT2D eigenvalue weighted by molar-refractivity contribution is -0.136. The van der Waals surface area contributed by atoms with Crippen LogP contribution in [0.5, 0.6) is 17.2 Å². The zero-order valence-corrected chi connectivity index (χ0v) is 17.6. The molecule has 0 unspecified atom stereocenters. The van der Waals surface area contributed by atoms with Gasteiger partial charge in [0.15, 0.2) is 6.61 Å². The fraction of sp³-hybridized carbons (Fsp3) is 0.346. The Bertz CT molecular complexity index is 912. The van der Waals surface area contributed by atoms with E-state index >= 15 is 0 Å². The van der Waals surface area contributed by atoms with Gasteiger partial charge in [0.25, 0.3) is 0 Å². The first-order valence-electron chi connectivity index (χ1n) is 10.8. The lowest BCUT2D eigenvalue weighted by atomic mass is 10.1. The number of carbonyl (C=O) groups excluding carboxylic acids is 1. The molecule has 0 aromatic heterocycles. The molecule has 0 aliphatic heterocycles. The second-order valence-electron chi connectivity index (χ2n) is 7.33. The van der Waals surface area contributed by atoms with E-state index in [1.165, 1.54) is 32.1 Å². The van der Waals surface area contributed by atoms with Gasteiger partial charge in [-0.05, 0) is 42.1 Å². The second-order valence-corrected chi connectivity index (χ2v) is 7.33. The van der Waals surface area contributed by atoms with E-state index in [9.17, 15) is 4.79 Å². The van der Waals surface area contributed by atoms with Crippen molar-refractivity contribution in [2.45, 2.75) is 45.4 Å². The van der Waals surface area contributed by atoms with Crippen molar-refractivity contribution in [2.24, 2.45) is 0 Å². The second kappa shape index (κ2) is 11.9. The first kappa shape index (κ1) is 21.7. The minimum Gasteiger partial charge on any atom is -0.494 e. The van der Waals surface area contributed by atoms with Crippen LogP contribution in [-0.2, 0) is 4.79 Å². The van der Waals surface area contributed by atoms with Crippen LogP contribution < -0.4 is 14.2 Å². The highest BCUT2D eigenvalue weighted by molar-refractivity contribution is 5.90. The summed E-state index contributed by atoms with van der Waals surface area (Å²) >= 11 is 0. The highest BCUT2D eigenvalue weighted by Gasteiger charge is 2.09. The fourth-order valence-corrected chi connectivity index (χ4v) is 3.28. The van der Waals surface area contributed by atoms with Crippen molar-refractivity contribution < 1.29 is 19.0 Å². The molecule has 0 amide bonds. The summed E-state index contributed by atoms with van der Waals surface area (Å²) in [6, 6.07) is 20.8. The van der Waals surface area contributed by atoms with Crippen molar-refractivity contribution in [2.75, 3.05) is 13.2 Å². The molecule has 0 heterocycles. The number of hydrogen-bond donors (Lipinski definition) is 0. The summed E-state index contributed by atoms with van der Waals surface area (Å²) in [5.41, 5.74) is 0. The van der Waals surface area contributed by atoms with Crippen molar-refractivity contribution in [3.63, 3.8) is 0 Å². The Kier molecular flexibility index (Phi) is 8.58. The SMILES string of the molecule is CCCCCCCCOc1ccc(OCC(=O)Oc2cccc3ccccc23)cc1. The van der Waals surface area contributed by atoms with E-state index in [1.807, 2.05) is 60.7 Å². The molecule has 0 bridgehead atoms. The molecule has 0 atom stereocenters. The number of esters is 1. The zero-order chi connectivity index (χ0) is 21.0. The first-order valence-corrected chi connectivity index (χ1v) is 10.8. The quantitative estimate of drug-likeness (QED) is 0.194. The number of ether oxygens (including phenoxy) is 3. The highest BCUT2D eigenvalue weighted by Crippen LogP contribution is 2.25. The lowest BCUT2D eigenvalue weighted by Gasteiger charge is -2.10. The van der Waals surface area contributed by atoms with E-state index in [-0.39, 0.29) is 6.61 Å². The Hall–Kier alpha value is -3.01. The van der Waals surface area contributed by atoms with E-state index in [0.29, 0.717) is 11.5 Å². The van der Waals surface area contributed by atoms with Gasteiger partial charge in [-0.1, -0.05) is 75.4 Å². The number of carbonyl (C=O) groups is 1. The Morgan fingerprint density at radius 2 is 1.40 bits per heavy atom. The normalized spacial score (nSPS) is 10.7. The van der Waals surface area contributed by atoms with Crippen LogP contribution in [0.4, 0.5) is 0 Å². The topological polar surface area (TPSA) is 44.8 Å². The Morgan fingerprint density at radius 3 is 2.20 bits per heavy atom. The van der Waals surface area contributed by atoms with Crippen molar-refractivity contribution in [3.8, 4) is 17.2 Å². The maximum atomic E-state index is 12.2. The molecule has 0 radical (unpaired) electrons. The molecule has 0 aliphatic rings. The summed E-state index contributed by atoms with van der Waals surface area (Å²) in [6.45, 7) is 2.80. The number of rotatable bonds is 12. The van der Waals surface area contributed by atoms with Crippen LogP contribution in [0.15, 0.2) is 66.7 Å². The summed E-state index contributed by atoms with van der Waals surface area (Å²) in [5.74, 6) is 1.53. The van der Waals surface area contributed by atoms with Crippen molar-refractivity contribution in [3.05, 3.63) is 66.7 Å². The van der Waals surface area contributed by atoms with Gasteiger partial charge in [0.1, 0.15) is 17.2 Å². The van der Waals surface area contributed by atoms with Crippen LogP contribution in [0.1, 0.15) is 45.4 Å². The summed E-state index contributed by atoms with van der Waals surface area (Å²) in [7, 11) is 0. The van der Waals surface area contributed by atoms with Crippen LogP contribution in [0, 0.1) is 0 Å². The van der Waals surface area contributed by atoms with Gasteiger partial charge >= 0.3 is 5.97 Å². The predicted octanol–water partition coefficient (Wildman–Crippen LogP) is 6.56. The molecule has 0 saturated carbocycles. The molecule has 4 nitrogen and oxygen atoms in total. The highest BCUT2D eigenvalue weighted by atomic mass is 16.6. The van der Waals surface area contributed by atoms with E-state index < -0.39 is 5.97 Å². The van der Waals surface area contributed by atoms with E-state index in [2.05, 4.69) is 6.92 Å². The molecule has 0 fully saturated rings. The minimum atomic E-state index is -0.435. The lowest BCUT2D eigenvalue weighted by Crippen LogP contribution is -2.17. The van der Waals surface area contributed by atoms with Crippen LogP contribution >= 0.6 is 0 Å². The Balaban J connectivity index is 1.40. The van der Waals surface area contributed by atoms with Crippen molar-refractivity contribution >= 4 is 16.7 Å². The monoisotopic (exact) mass is 406 g/mol. The van der Waals surface area contributed by atoms with Gasteiger partial charge in [-0.2, -0.15) is 0 Å². The van der Waals surface area contributed by atoms with Crippen molar-refractivity contribution in [1.82, 2.24) is 0 Å². The molecule has 4 heteroatoms. The average Bonchev–Trinajstić information content (AvgIpc) is 2.78. The molecule has 3 aromatic rings. The van der Waals surface area contributed by atoms with E-state index in [1.54, 1.807) is 6.07 Å². The maximum Gasteiger partial charge on any atom is 0.349 e. The van der Waals surface area contributed by atoms with Crippen molar-refractivity contribution in [1.29, 1.82) is 0 Å². The van der Waals surface area contributed by atoms with E-state index in [4.69, 9.17) is 14.2 Å². The molecule has 0 N–H and O–H groups in total. The summed E-state index contributed by atoms with van der Waals surface area (Å²) in [6.07, 6.45) is 7.45. The van der Waals surface area contributed by atoms with Gasteiger partial charge in [-0.25, -0.2) is 4.79 Å². The van der Waals surface area contributed by atoms with E-state index in [0.717, 1.165) is 29.5 Å². The zero-order valence-electron chi connectivity index (χ0n) is 17.6. The number of unbranched alkanes of at least 4 members (excludes halogenated alkanes) is 5. The minimum absolute atomic E-state index is 0.152. The third-order valence-electron chi connectivity index (χ3n) is 4.92. The molecule has 0 saturated heterocycles. The largest absolute Gasteiger partial charge is 0.494 e.